The third kappa shape index (κ3) is 6.24. The van der Waals surface area contributed by atoms with E-state index in [0.29, 0.717) is 24.4 Å². The van der Waals surface area contributed by atoms with Gasteiger partial charge in [0.2, 0.25) is 0 Å². The molecular weight excluding hydrogens is 492 g/mol. The first-order valence-electron chi connectivity index (χ1n) is 10.6. The molecule has 0 aromatic rings. The predicted molar refractivity (Wildman–Crippen MR) is 95.9 cm³/mol. The highest BCUT2D eigenvalue weighted by molar-refractivity contribution is 7.95. The molecule has 0 aromatic carbocycles. The topological polar surface area (TPSA) is 60.0 Å². The molecule has 0 radical (unpaired) electrons. The number of alkyl halides is 8. The molecular formula is C19H25F8O5S-. The summed E-state index contributed by atoms with van der Waals surface area (Å²) >= 11 is -1.66. The van der Waals surface area contributed by atoms with Crippen LogP contribution in [0.15, 0.2) is 0 Å². The van der Waals surface area contributed by atoms with Gasteiger partial charge in [-0.05, 0) is 74.5 Å². The monoisotopic (exact) mass is 517 g/mol. The lowest BCUT2D eigenvalue weighted by Gasteiger charge is -2.45. The Bertz CT molecular complexity index is 654. The molecule has 2 unspecified atom stereocenters. The Balaban J connectivity index is 1.47. The minimum absolute atomic E-state index is 0.0461. The fourth-order valence-corrected chi connectivity index (χ4v) is 5.97. The largest absolute Gasteiger partial charge is 0.691 e. The summed E-state index contributed by atoms with van der Waals surface area (Å²) < 4.78 is 119. The van der Waals surface area contributed by atoms with Gasteiger partial charge in [-0.3, -0.25) is 5.04 Å². The Morgan fingerprint density at radius 1 is 0.879 bits per heavy atom. The molecule has 0 heterocycles. The molecule has 0 aromatic heterocycles. The molecule has 0 N–H and O–H groups in total. The molecule has 0 spiro atoms. The highest BCUT2D eigenvalue weighted by Crippen LogP contribution is 2.57. The minimum Gasteiger partial charge on any atom is -0.691 e. The molecule has 0 aliphatic heterocycles. The third-order valence-electron chi connectivity index (χ3n) is 6.90. The highest BCUT2D eigenvalue weighted by atomic mass is 32.2. The molecule has 4 aliphatic rings. The maximum Gasteiger partial charge on any atom is 0.436 e. The van der Waals surface area contributed by atoms with E-state index in [-0.39, 0.29) is 12.0 Å². The standard InChI is InChI=1S/C19H26F8O5S/c20-16(21,17(22,23)30-18(24,25)19(26,27)33-32-31-28)3-1-5-29-11-15-4-2-12-6-13(9-15)8-14(7-12)10-15/h12-14,28H,1-11H2/p-1. The van der Waals surface area contributed by atoms with E-state index in [1.807, 2.05) is 0 Å². The van der Waals surface area contributed by atoms with E-state index < -0.39 is 48.3 Å². The van der Waals surface area contributed by atoms with Gasteiger partial charge in [0.1, 0.15) is 12.0 Å². The zero-order chi connectivity index (χ0) is 24.5. The number of hydrogen-bond donors (Lipinski definition) is 0. The smallest absolute Gasteiger partial charge is 0.436 e. The predicted octanol–water partition coefficient (Wildman–Crippen LogP) is 5.69. The van der Waals surface area contributed by atoms with E-state index in [9.17, 15) is 40.4 Å². The molecule has 4 rings (SSSR count). The Morgan fingerprint density at radius 3 is 2.09 bits per heavy atom. The second-order valence-corrected chi connectivity index (χ2v) is 10.3. The van der Waals surface area contributed by atoms with Crippen LogP contribution in [-0.2, 0) is 18.8 Å². The van der Waals surface area contributed by atoms with Crippen LogP contribution in [0.4, 0.5) is 35.1 Å². The average molecular weight is 517 g/mol. The first kappa shape index (κ1) is 27.2. The second-order valence-electron chi connectivity index (χ2n) is 9.48. The van der Waals surface area contributed by atoms with Gasteiger partial charge in [0.05, 0.1) is 6.61 Å². The van der Waals surface area contributed by atoms with Gasteiger partial charge in [-0.2, -0.15) is 39.5 Å². The van der Waals surface area contributed by atoms with Crippen molar-refractivity contribution in [1.29, 1.82) is 0 Å². The van der Waals surface area contributed by atoms with Crippen molar-refractivity contribution in [3.8, 4) is 0 Å². The summed E-state index contributed by atoms with van der Waals surface area (Å²) in [4.78, 5) is 0. The van der Waals surface area contributed by atoms with E-state index in [1.54, 1.807) is 0 Å². The second kappa shape index (κ2) is 9.92. The summed E-state index contributed by atoms with van der Waals surface area (Å²) in [7, 11) is 0. The van der Waals surface area contributed by atoms with E-state index in [4.69, 9.17) is 4.74 Å². The van der Waals surface area contributed by atoms with Crippen LogP contribution in [0.1, 0.15) is 57.8 Å². The SMILES string of the molecule is [O-]OOSC(F)(F)C(F)(F)OC(F)(F)C(F)(F)CCCOCC12CCC3CC(CC(C3)C1)C2. The molecule has 4 aliphatic carbocycles. The minimum atomic E-state index is -6.10. The van der Waals surface area contributed by atoms with E-state index >= 15 is 0 Å². The first-order valence-corrected chi connectivity index (χ1v) is 11.4. The molecule has 0 saturated heterocycles. The maximum atomic E-state index is 13.8. The van der Waals surface area contributed by atoms with Gasteiger partial charge in [-0.1, -0.05) is 0 Å². The lowest BCUT2D eigenvalue weighted by Crippen LogP contribution is -2.52. The molecule has 5 nitrogen and oxygen atoms in total. The van der Waals surface area contributed by atoms with Gasteiger partial charge < -0.3 is 9.99 Å². The summed E-state index contributed by atoms with van der Waals surface area (Å²) in [5.74, 6) is -3.23. The van der Waals surface area contributed by atoms with E-state index in [1.165, 1.54) is 19.3 Å². The van der Waals surface area contributed by atoms with Crippen LogP contribution in [0, 0.1) is 23.2 Å². The van der Waals surface area contributed by atoms with Gasteiger partial charge >= 0.3 is 23.4 Å². The van der Waals surface area contributed by atoms with Crippen LogP contribution in [-0.4, -0.2) is 36.6 Å². The van der Waals surface area contributed by atoms with Gasteiger partial charge in [-0.15, -0.1) is 0 Å². The quantitative estimate of drug-likeness (QED) is 0.103. The van der Waals surface area contributed by atoms with Crippen molar-refractivity contribution in [1.82, 2.24) is 0 Å². The van der Waals surface area contributed by atoms with Gasteiger partial charge in [0.15, 0.2) is 0 Å². The fourth-order valence-electron chi connectivity index (χ4n) is 5.72. The van der Waals surface area contributed by atoms with Crippen molar-refractivity contribution >= 4 is 12.0 Å². The Kier molecular flexibility index (Phi) is 8.17. The first-order chi connectivity index (χ1) is 15.2. The number of fused-ring (bicyclic) bond motifs is 1. The van der Waals surface area contributed by atoms with Crippen LogP contribution in [0.2, 0.25) is 0 Å². The summed E-state index contributed by atoms with van der Waals surface area (Å²) in [6, 6.07) is 0. The summed E-state index contributed by atoms with van der Waals surface area (Å²) in [6.45, 7) is -0.00223. The Labute approximate surface area is 189 Å². The summed E-state index contributed by atoms with van der Waals surface area (Å²) in [6.07, 6.45) is -6.68. The van der Waals surface area contributed by atoms with Crippen molar-refractivity contribution in [2.24, 2.45) is 23.2 Å². The summed E-state index contributed by atoms with van der Waals surface area (Å²) in [5, 5.41) is 6.28. The molecule has 0 amide bonds. The van der Waals surface area contributed by atoms with Gasteiger partial charge in [0.25, 0.3) is 0 Å². The van der Waals surface area contributed by atoms with E-state index in [2.05, 4.69) is 14.1 Å². The molecule has 14 heteroatoms. The van der Waals surface area contributed by atoms with Crippen LogP contribution in [0.5, 0.6) is 0 Å². The van der Waals surface area contributed by atoms with Crippen LogP contribution >= 0.6 is 12.0 Å². The number of ether oxygens (including phenoxy) is 2. The van der Waals surface area contributed by atoms with Crippen LogP contribution in [0.3, 0.4) is 0 Å². The normalized spacial score (nSPS) is 30.6. The fraction of sp³-hybridized carbons (Fsp3) is 1.00. The molecule has 33 heavy (non-hydrogen) atoms. The lowest BCUT2D eigenvalue weighted by atomic mass is 9.62. The lowest BCUT2D eigenvalue weighted by molar-refractivity contribution is -0.777. The van der Waals surface area contributed by atoms with Crippen molar-refractivity contribution in [2.75, 3.05) is 13.2 Å². The molecule has 4 bridgehead atoms. The maximum absolute atomic E-state index is 13.8. The highest BCUT2D eigenvalue weighted by Gasteiger charge is 2.69. The van der Waals surface area contributed by atoms with Crippen molar-refractivity contribution in [2.45, 2.75) is 81.2 Å². The van der Waals surface area contributed by atoms with Crippen molar-refractivity contribution < 1.29 is 59.2 Å². The van der Waals surface area contributed by atoms with Crippen molar-refractivity contribution in [3.05, 3.63) is 0 Å². The zero-order valence-electron chi connectivity index (χ0n) is 17.5. The Morgan fingerprint density at radius 2 is 1.48 bits per heavy atom. The van der Waals surface area contributed by atoms with Gasteiger partial charge in [0, 0.05) is 13.0 Å². The van der Waals surface area contributed by atoms with Gasteiger partial charge in [-0.25, -0.2) is 4.74 Å². The molecule has 4 saturated carbocycles. The van der Waals surface area contributed by atoms with E-state index in [0.717, 1.165) is 25.7 Å². The average Bonchev–Trinajstić information content (AvgIpc) is 2.88. The molecule has 4 fully saturated rings. The van der Waals surface area contributed by atoms with Crippen molar-refractivity contribution in [3.63, 3.8) is 0 Å². The number of rotatable bonds is 13. The zero-order valence-corrected chi connectivity index (χ0v) is 18.3. The third-order valence-corrected chi connectivity index (χ3v) is 7.47. The molecule has 2 atom stereocenters. The number of halogens is 8. The van der Waals surface area contributed by atoms with Crippen LogP contribution in [0.25, 0.3) is 0 Å². The Hall–Kier alpha value is -0.410. The molecule has 194 valence electrons. The number of hydrogen-bond acceptors (Lipinski definition) is 6. The van der Waals surface area contributed by atoms with Crippen LogP contribution < -0.4 is 5.26 Å². The summed E-state index contributed by atoms with van der Waals surface area (Å²) in [5.41, 5.74) is -0.0461.